The van der Waals surface area contributed by atoms with Gasteiger partial charge in [-0.3, -0.25) is 0 Å². The van der Waals surface area contributed by atoms with Gasteiger partial charge in [-0.2, -0.15) is 0 Å². The van der Waals surface area contributed by atoms with E-state index in [1.807, 2.05) is 12.1 Å². The van der Waals surface area contributed by atoms with Crippen molar-refractivity contribution < 1.29 is 9.13 Å². The Morgan fingerprint density at radius 2 is 2.06 bits per heavy atom. The monoisotopic (exact) mass is 224 g/mol. The minimum absolute atomic E-state index is 0.591. The fourth-order valence-corrected chi connectivity index (χ4v) is 2.04. The second kappa shape index (κ2) is 4.60. The molecular formula is C12H17FN2O. The van der Waals surface area contributed by atoms with Gasteiger partial charge >= 0.3 is 0 Å². The van der Waals surface area contributed by atoms with Crippen molar-refractivity contribution in [1.29, 1.82) is 0 Å². The minimum atomic E-state index is -0.656. The molecule has 0 radical (unpaired) electrons. The number of hydrogen-bond donors (Lipinski definition) is 1. The first-order chi connectivity index (χ1) is 7.70. The van der Waals surface area contributed by atoms with Gasteiger partial charge in [0.15, 0.2) is 0 Å². The van der Waals surface area contributed by atoms with Gasteiger partial charge < -0.3 is 15.4 Å². The molecule has 16 heavy (non-hydrogen) atoms. The summed E-state index contributed by atoms with van der Waals surface area (Å²) >= 11 is 0. The van der Waals surface area contributed by atoms with Gasteiger partial charge in [-0.1, -0.05) is 0 Å². The summed E-state index contributed by atoms with van der Waals surface area (Å²) in [5, 5.41) is 0. The summed E-state index contributed by atoms with van der Waals surface area (Å²) in [6.45, 7) is 1.48. The molecule has 1 aromatic rings. The summed E-state index contributed by atoms with van der Waals surface area (Å²) in [5.41, 5.74) is 7.38. The number of alkyl halides is 1. The third-order valence-electron chi connectivity index (χ3n) is 2.97. The van der Waals surface area contributed by atoms with Crippen LogP contribution in [0.5, 0.6) is 5.75 Å². The number of ether oxygens (including phenoxy) is 1. The van der Waals surface area contributed by atoms with E-state index in [0.29, 0.717) is 18.5 Å². The lowest BCUT2D eigenvalue weighted by Crippen LogP contribution is -2.34. The van der Waals surface area contributed by atoms with Gasteiger partial charge in [-0.25, -0.2) is 4.39 Å². The molecule has 0 aliphatic carbocycles. The molecule has 0 spiro atoms. The third kappa shape index (κ3) is 2.21. The van der Waals surface area contributed by atoms with E-state index in [9.17, 15) is 4.39 Å². The fraction of sp³-hybridized carbons (Fsp3) is 0.500. The lowest BCUT2D eigenvalue weighted by Gasteiger charge is -2.31. The zero-order valence-corrected chi connectivity index (χ0v) is 9.45. The molecule has 1 aliphatic rings. The SMILES string of the molecule is COc1cc(N)ccc1N1CCC(F)CC1. The topological polar surface area (TPSA) is 38.5 Å². The molecule has 0 unspecified atom stereocenters. The van der Waals surface area contributed by atoms with Crippen molar-refractivity contribution in [1.82, 2.24) is 0 Å². The van der Waals surface area contributed by atoms with Crippen molar-refractivity contribution in [2.45, 2.75) is 19.0 Å². The number of halogens is 1. The lowest BCUT2D eigenvalue weighted by molar-refractivity contribution is 0.276. The Morgan fingerprint density at radius 3 is 2.69 bits per heavy atom. The molecular weight excluding hydrogens is 207 g/mol. The zero-order valence-electron chi connectivity index (χ0n) is 9.45. The van der Waals surface area contributed by atoms with Crippen LogP contribution in [0.2, 0.25) is 0 Å². The molecule has 1 heterocycles. The highest BCUT2D eigenvalue weighted by molar-refractivity contribution is 5.64. The van der Waals surface area contributed by atoms with Gasteiger partial charge in [0.05, 0.1) is 12.8 Å². The maximum absolute atomic E-state index is 13.0. The molecule has 1 aliphatic heterocycles. The van der Waals surface area contributed by atoms with Crippen molar-refractivity contribution in [3.8, 4) is 5.75 Å². The second-order valence-corrected chi connectivity index (χ2v) is 4.09. The zero-order chi connectivity index (χ0) is 11.5. The van der Waals surface area contributed by atoms with Crippen molar-refractivity contribution in [3.05, 3.63) is 18.2 Å². The maximum Gasteiger partial charge on any atom is 0.144 e. The molecule has 0 bridgehead atoms. The van der Waals surface area contributed by atoms with Gasteiger partial charge in [0.25, 0.3) is 0 Å². The molecule has 2 N–H and O–H groups in total. The standard InChI is InChI=1S/C12H17FN2O/c1-16-12-8-10(14)2-3-11(12)15-6-4-9(13)5-7-15/h2-3,8-9H,4-7,14H2,1H3. The minimum Gasteiger partial charge on any atom is -0.495 e. The van der Waals surface area contributed by atoms with Crippen LogP contribution in [0.15, 0.2) is 18.2 Å². The van der Waals surface area contributed by atoms with E-state index in [1.165, 1.54) is 0 Å². The molecule has 1 aromatic carbocycles. The Bertz CT molecular complexity index is 362. The number of methoxy groups -OCH3 is 1. The number of nitrogen functional groups attached to an aromatic ring is 1. The van der Waals surface area contributed by atoms with Crippen LogP contribution >= 0.6 is 0 Å². The number of nitrogens with two attached hydrogens (primary N) is 1. The first-order valence-corrected chi connectivity index (χ1v) is 5.53. The summed E-state index contributed by atoms with van der Waals surface area (Å²) in [6.07, 6.45) is 0.525. The van der Waals surface area contributed by atoms with E-state index in [-0.39, 0.29) is 0 Å². The van der Waals surface area contributed by atoms with E-state index in [0.717, 1.165) is 24.5 Å². The molecule has 88 valence electrons. The second-order valence-electron chi connectivity index (χ2n) is 4.09. The molecule has 3 nitrogen and oxygen atoms in total. The van der Waals surface area contributed by atoms with Crippen molar-refractivity contribution in [2.75, 3.05) is 30.8 Å². The quantitative estimate of drug-likeness (QED) is 0.783. The van der Waals surface area contributed by atoms with Crippen LogP contribution in [0.4, 0.5) is 15.8 Å². The Labute approximate surface area is 95.0 Å². The van der Waals surface area contributed by atoms with E-state index in [1.54, 1.807) is 13.2 Å². The van der Waals surface area contributed by atoms with E-state index in [2.05, 4.69) is 4.90 Å². The maximum atomic E-state index is 13.0. The van der Waals surface area contributed by atoms with Crippen LogP contribution in [0.25, 0.3) is 0 Å². The van der Waals surface area contributed by atoms with Crippen LogP contribution < -0.4 is 15.4 Å². The molecule has 2 rings (SSSR count). The largest absolute Gasteiger partial charge is 0.495 e. The Kier molecular flexibility index (Phi) is 3.17. The van der Waals surface area contributed by atoms with Crippen LogP contribution in [0, 0.1) is 0 Å². The number of hydrogen-bond acceptors (Lipinski definition) is 3. The Morgan fingerprint density at radius 1 is 1.38 bits per heavy atom. The van der Waals surface area contributed by atoms with Gasteiger partial charge in [0.1, 0.15) is 11.9 Å². The summed E-state index contributed by atoms with van der Waals surface area (Å²) < 4.78 is 18.3. The van der Waals surface area contributed by atoms with Crippen molar-refractivity contribution in [2.24, 2.45) is 0 Å². The van der Waals surface area contributed by atoms with Crippen LogP contribution in [0.3, 0.4) is 0 Å². The molecule has 0 amide bonds. The predicted octanol–water partition coefficient (Wildman–Crippen LogP) is 2.22. The Balaban J connectivity index is 2.19. The van der Waals surface area contributed by atoms with Crippen LogP contribution in [0.1, 0.15) is 12.8 Å². The molecule has 4 heteroatoms. The molecule has 0 atom stereocenters. The average Bonchev–Trinajstić information content (AvgIpc) is 2.30. The van der Waals surface area contributed by atoms with Gasteiger partial charge in [0.2, 0.25) is 0 Å². The summed E-state index contributed by atoms with van der Waals surface area (Å²) in [6, 6.07) is 5.59. The van der Waals surface area contributed by atoms with E-state index >= 15 is 0 Å². The number of nitrogens with zero attached hydrogens (tertiary/aromatic N) is 1. The van der Waals surface area contributed by atoms with E-state index < -0.39 is 6.17 Å². The highest BCUT2D eigenvalue weighted by Crippen LogP contribution is 2.32. The summed E-state index contributed by atoms with van der Waals surface area (Å²) in [5.74, 6) is 0.761. The summed E-state index contributed by atoms with van der Waals surface area (Å²) in [7, 11) is 1.63. The normalized spacial score (nSPS) is 17.5. The lowest BCUT2D eigenvalue weighted by atomic mass is 10.1. The fourth-order valence-electron chi connectivity index (χ4n) is 2.04. The van der Waals surface area contributed by atoms with Crippen molar-refractivity contribution in [3.63, 3.8) is 0 Å². The number of rotatable bonds is 2. The average molecular weight is 224 g/mol. The predicted molar refractivity (Wildman–Crippen MR) is 63.7 cm³/mol. The number of benzene rings is 1. The first-order valence-electron chi connectivity index (χ1n) is 5.53. The highest BCUT2D eigenvalue weighted by Gasteiger charge is 2.20. The molecule has 1 saturated heterocycles. The van der Waals surface area contributed by atoms with Crippen molar-refractivity contribution >= 4 is 11.4 Å². The van der Waals surface area contributed by atoms with E-state index in [4.69, 9.17) is 10.5 Å². The number of piperidine rings is 1. The molecule has 0 aromatic heterocycles. The number of anilines is 2. The van der Waals surface area contributed by atoms with Gasteiger partial charge in [0, 0.05) is 24.8 Å². The van der Waals surface area contributed by atoms with Gasteiger partial charge in [-0.15, -0.1) is 0 Å². The van der Waals surface area contributed by atoms with Crippen LogP contribution in [-0.4, -0.2) is 26.4 Å². The first kappa shape index (κ1) is 11.0. The third-order valence-corrected chi connectivity index (χ3v) is 2.97. The molecule has 0 saturated carbocycles. The summed E-state index contributed by atoms with van der Waals surface area (Å²) in [4.78, 5) is 2.15. The smallest absolute Gasteiger partial charge is 0.144 e. The Hall–Kier alpha value is -1.45. The van der Waals surface area contributed by atoms with Crippen LogP contribution in [-0.2, 0) is 0 Å². The highest BCUT2D eigenvalue weighted by atomic mass is 19.1. The molecule has 1 fully saturated rings. The van der Waals surface area contributed by atoms with Gasteiger partial charge in [-0.05, 0) is 25.0 Å².